The fraction of sp³-hybridized carbons (Fsp3) is 0.600. The fourth-order valence-electron chi connectivity index (χ4n) is 1.37. The van der Waals surface area contributed by atoms with Crippen LogP contribution in [0.5, 0.6) is 5.75 Å². The van der Waals surface area contributed by atoms with Crippen LogP contribution in [0.25, 0.3) is 0 Å². The highest BCUT2D eigenvalue weighted by atomic mass is 16.6. The third-order valence-electron chi connectivity index (χ3n) is 2.24. The van der Waals surface area contributed by atoms with Gasteiger partial charge in [-0.1, -0.05) is 0 Å². The van der Waals surface area contributed by atoms with E-state index in [1.54, 1.807) is 19.5 Å². The Morgan fingerprint density at radius 1 is 1.44 bits per heavy atom. The lowest BCUT2D eigenvalue weighted by Crippen LogP contribution is -2.34. The molecule has 1 aliphatic rings. The molecule has 1 atom stereocenters. The number of aromatic nitrogens is 2. The Kier molecular flexibility index (Phi) is 3.90. The maximum Gasteiger partial charge on any atom is 0.222 e. The second kappa shape index (κ2) is 5.62. The van der Waals surface area contributed by atoms with Crippen LogP contribution in [0.15, 0.2) is 12.4 Å². The molecule has 88 valence electrons. The first-order chi connectivity index (χ1) is 7.88. The maximum atomic E-state index is 5.48. The van der Waals surface area contributed by atoms with Crippen molar-refractivity contribution >= 4 is 5.95 Å². The second-order valence-corrected chi connectivity index (χ2v) is 3.40. The molecule has 0 saturated carbocycles. The highest BCUT2D eigenvalue weighted by Crippen LogP contribution is 2.08. The molecule has 0 spiro atoms. The molecule has 1 aromatic heterocycles. The van der Waals surface area contributed by atoms with E-state index >= 15 is 0 Å². The molecule has 2 rings (SSSR count). The monoisotopic (exact) mass is 225 g/mol. The van der Waals surface area contributed by atoms with Gasteiger partial charge in [-0.3, -0.25) is 0 Å². The lowest BCUT2D eigenvalue weighted by Gasteiger charge is -2.22. The molecule has 16 heavy (non-hydrogen) atoms. The van der Waals surface area contributed by atoms with Gasteiger partial charge < -0.3 is 19.5 Å². The topological polar surface area (TPSA) is 65.5 Å². The Labute approximate surface area is 93.9 Å². The largest absolute Gasteiger partial charge is 0.494 e. The predicted octanol–water partition coefficient (Wildman–Crippen LogP) is 0.312. The van der Waals surface area contributed by atoms with Crippen LogP contribution in [0.2, 0.25) is 0 Å². The molecule has 1 N–H and O–H groups in total. The standard InChI is InChI=1S/C10H15N3O3/c1-14-8-4-11-10(12-5-8)13-6-9-7-15-2-3-16-9/h4-5,9H,2-3,6-7H2,1H3,(H,11,12,13). The van der Waals surface area contributed by atoms with Crippen molar-refractivity contribution in [1.82, 2.24) is 9.97 Å². The summed E-state index contributed by atoms with van der Waals surface area (Å²) in [5, 5.41) is 3.08. The van der Waals surface area contributed by atoms with Gasteiger partial charge in [0.2, 0.25) is 5.95 Å². The molecule has 1 saturated heterocycles. The predicted molar refractivity (Wildman–Crippen MR) is 57.6 cm³/mol. The molecule has 1 aromatic rings. The van der Waals surface area contributed by atoms with Gasteiger partial charge in [0, 0.05) is 6.54 Å². The van der Waals surface area contributed by atoms with Gasteiger partial charge >= 0.3 is 0 Å². The van der Waals surface area contributed by atoms with Crippen LogP contribution in [-0.2, 0) is 9.47 Å². The van der Waals surface area contributed by atoms with Gasteiger partial charge in [0.15, 0.2) is 5.75 Å². The Bertz CT molecular complexity index is 312. The van der Waals surface area contributed by atoms with Crippen LogP contribution in [0, 0.1) is 0 Å². The average molecular weight is 225 g/mol. The molecule has 1 aliphatic heterocycles. The summed E-state index contributed by atoms with van der Waals surface area (Å²) in [5.74, 6) is 1.21. The summed E-state index contributed by atoms with van der Waals surface area (Å²) in [6, 6.07) is 0. The second-order valence-electron chi connectivity index (χ2n) is 3.40. The molecule has 0 aliphatic carbocycles. The molecule has 0 aromatic carbocycles. The number of nitrogens with one attached hydrogen (secondary N) is 1. The number of anilines is 1. The van der Waals surface area contributed by atoms with Crippen molar-refractivity contribution in [2.75, 3.05) is 38.8 Å². The molecule has 0 amide bonds. The lowest BCUT2D eigenvalue weighted by molar-refractivity contribution is -0.0819. The van der Waals surface area contributed by atoms with Crippen molar-refractivity contribution in [3.05, 3.63) is 12.4 Å². The van der Waals surface area contributed by atoms with Crippen LogP contribution in [0.1, 0.15) is 0 Å². The minimum atomic E-state index is 0.0689. The van der Waals surface area contributed by atoms with E-state index in [4.69, 9.17) is 14.2 Å². The van der Waals surface area contributed by atoms with E-state index in [2.05, 4.69) is 15.3 Å². The molecule has 6 nitrogen and oxygen atoms in total. The molecule has 0 bridgehead atoms. The summed E-state index contributed by atoms with van der Waals surface area (Å²) < 4.78 is 15.7. The maximum absolute atomic E-state index is 5.48. The summed E-state index contributed by atoms with van der Waals surface area (Å²) in [6.45, 7) is 2.58. The van der Waals surface area contributed by atoms with Crippen molar-refractivity contribution in [3.63, 3.8) is 0 Å². The number of methoxy groups -OCH3 is 1. The van der Waals surface area contributed by atoms with E-state index in [0.29, 0.717) is 38.1 Å². The number of nitrogens with zero attached hydrogens (tertiary/aromatic N) is 2. The highest BCUT2D eigenvalue weighted by Gasteiger charge is 2.14. The van der Waals surface area contributed by atoms with E-state index < -0.39 is 0 Å². The van der Waals surface area contributed by atoms with E-state index in [0.717, 1.165) is 0 Å². The summed E-state index contributed by atoms with van der Waals surface area (Å²) in [4.78, 5) is 8.18. The summed E-state index contributed by atoms with van der Waals surface area (Å²) >= 11 is 0. The van der Waals surface area contributed by atoms with Gasteiger partial charge in [-0.05, 0) is 0 Å². The number of hydrogen-bond acceptors (Lipinski definition) is 6. The van der Waals surface area contributed by atoms with E-state index in [1.807, 2.05) is 0 Å². The smallest absolute Gasteiger partial charge is 0.222 e. The average Bonchev–Trinajstić information content (AvgIpc) is 2.38. The summed E-state index contributed by atoms with van der Waals surface area (Å²) in [6.07, 6.45) is 3.31. The minimum absolute atomic E-state index is 0.0689. The zero-order valence-corrected chi connectivity index (χ0v) is 9.18. The highest BCUT2D eigenvalue weighted by molar-refractivity contribution is 5.27. The molecule has 1 unspecified atom stereocenters. The first-order valence-electron chi connectivity index (χ1n) is 5.18. The van der Waals surface area contributed by atoms with Gasteiger partial charge in [-0.15, -0.1) is 0 Å². The van der Waals surface area contributed by atoms with Gasteiger partial charge in [-0.2, -0.15) is 0 Å². The summed E-state index contributed by atoms with van der Waals surface area (Å²) in [7, 11) is 1.58. The van der Waals surface area contributed by atoms with E-state index in [1.165, 1.54) is 0 Å². The van der Waals surface area contributed by atoms with Crippen molar-refractivity contribution < 1.29 is 14.2 Å². The Balaban J connectivity index is 1.79. The third kappa shape index (κ3) is 3.04. The molecule has 0 radical (unpaired) electrons. The normalized spacial score (nSPS) is 20.4. The fourth-order valence-corrected chi connectivity index (χ4v) is 1.37. The number of ether oxygens (including phenoxy) is 3. The lowest BCUT2D eigenvalue weighted by atomic mass is 10.3. The number of hydrogen-bond donors (Lipinski definition) is 1. The van der Waals surface area contributed by atoms with Gasteiger partial charge in [-0.25, -0.2) is 9.97 Å². The third-order valence-corrected chi connectivity index (χ3v) is 2.24. The van der Waals surface area contributed by atoms with Crippen molar-refractivity contribution in [1.29, 1.82) is 0 Å². The van der Waals surface area contributed by atoms with Crippen molar-refractivity contribution in [2.24, 2.45) is 0 Å². The van der Waals surface area contributed by atoms with Crippen LogP contribution >= 0.6 is 0 Å². The van der Waals surface area contributed by atoms with E-state index in [-0.39, 0.29) is 6.10 Å². The molecular weight excluding hydrogens is 210 g/mol. The van der Waals surface area contributed by atoms with Crippen molar-refractivity contribution in [3.8, 4) is 5.75 Å². The SMILES string of the molecule is COc1cnc(NCC2COCCO2)nc1. The zero-order valence-electron chi connectivity index (χ0n) is 9.18. The van der Waals surface area contributed by atoms with Crippen LogP contribution < -0.4 is 10.1 Å². The van der Waals surface area contributed by atoms with Gasteiger partial charge in [0.1, 0.15) is 0 Å². The van der Waals surface area contributed by atoms with E-state index in [9.17, 15) is 0 Å². The molecule has 2 heterocycles. The Morgan fingerprint density at radius 2 is 2.25 bits per heavy atom. The minimum Gasteiger partial charge on any atom is -0.494 e. The Hall–Kier alpha value is -1.40. The van der Waals surface area contributed by atoms with Crippen molar-refractivity contribution in [2.45, 2.75) is 6.10 Å². The number of rotatable bonds is 4. The zero-order chi connectivity index (χ0) is 11.2. The Morgan fingerprint density at radius 3 is 2.88 bits per heavy atom. The van der Waals surface area contributed by atoms with Crippen LogP contribution in [-0.4, -0.2) is 49.5 Å². The molecule has 1 fully saturated rings. The quantitative estimate of drug-likeness (QED) is 0.795. The van der Waals surface area contributed by atoms with Gasteiger partial charge in [0.05, 0.1) is 45.4 Å². The first-order valence-corrected chi connectivity index (χ1v) is 5.18. The molecular formula is C10H15N3O3. The summed E-state index contributed by atoms with van der Waals surface area (Å²) in [5.41, 5.74) is 0. The van der Waals surface area contributed by atoms with Crippen LogP contribution in [0.3, 0.4) is 0 Å². The van der Waals surface area contributed by atoms with Crippen LogP contribution in [0.4, 0.5) is 5.95 Å². The molecule has 6 heteroatoms. The van der Waals surface area contributed by atoms with Gasteiger partial charge in [0.25, 0.3) is 0 Å². The first kappa shape index (κ1) is 11.1.